The summed E-state index contributed by atoms with van der Waals surface area (Å²) in [6, 6.07) is 3.12. The summed E-state index contributed by atoms with van der Waals surface area (Å²) >= 11 is 11.8. The number of rotatable bonds is 4. The van der Waals surface area contributed by atoms with Crippen molar-refractivity contribution in [3.05, 3.63) is 28.4 Å². The molecule has 0 fully saturated rings. The average molecular weight is 287 g/mol. The third-order valence-corrected chi connectivity index (χ3v) is 3.01. The van der Waals surface area contributed by atoms with Crippen LogP contribution in [0.4, 0.5) is 5.69 Å². The maximum Gasteiger partial charge on any atom is 0.238 e. The number of aryl methyl sites for hydroxylation is 1. The Labute approximate surface area is 114 Å². The molecule has 0 aliphatic carbocycles. The van der Waals surface area contributed by atoms with Crippen molar-refractivity contribution in [1.82, 2.24) is 15.0 Å². The highest BCUT2D eigenvalue weighted by Gasteiger charge is 2.10. The van der Waals surface area contributed by atoms with Gasteiger partial charge in [0.15, 0.2) is 5.75 Å². The molecule has 96 valence electrons. The predicted molar refractivity (Wildman–Crippen MR) is 71.3 cm³/mol. The molecule has 0 aliphatic rings. The quantitative estimate of drug-likeness (QED) is 0.875. The van der Waals surface area contributed by atoms with Gasteiger partial charge in [0.05, 0.1) is 15.7 Å². The van der Waals surface area contributed by atoms with Crippen LogP contribution in [0.25, 0.3) is 0 Å². The smallest absolute Gasteiger partial charge is 0.238 e. The van der Waals surface area contributed by atoms with Crippen LogP contribution in [0.3, 0.4) is 0 Å². The topological polar surface area (TPSA) is 66.0 Å². The minimum Gasteiger partial charge on any atom is -0.435 e. The van der Waals surface area contributed by atoms with Crippen molar-refractivity contribution in [3.8, 4) is 11.6 Å². The summed E-state index contributed by atoms with van der Waals surface area (Å²) in [5, 5.41) is 8.48. The normalized spacial score (nSPS) is 10.6. The fourth-order valence-electron chi connectivity index (χ4n) is 1.44. The van der Waals surface area contributed by atoms with Crippen molar-refractivity contribution >= 4 is 28.9 Å². The third-order valence-electron chi connectivity index (χ3n) is 2.28. The van der Waals surface area contributed by atoms with Crippen LogP contribution in [0.2, 0.25) is 10.0 Å². The summed E-state index contributed by atoms with van der Waals surface area (Å²) < 4.78 is 7.29. The molecule has 0 atom stereocenters. The molecule has 1 heterocycles. The van der Waals surface area contributed by atoms with Crippen molar-refractivity contribution in [3.63, 3.8) is 0 Å². The minimum absolute atomic E-state index is 0.385. The SMILES string of the molecule is CCCn1nncc1Oc1cc(Cl)c(Cl)cc1N. The van der Waals surface area contributed by atoms with E-state index < -0.39 is 0 Å². The van der Waals surface area contributed by atoms with E-state index in [0.29, 0.717) is 27.4 Å². The van der Waals surface area contributed by atoms with Crippen molar-refractivity contribution in [2.45, 2.75) is 19.9 Å². The molecule has 0 saturated heterocycles. The van der Waals surface area contributed by atoms with Crippen LogP contribution in [0.1, 0.15) is 13.3 Å². The standard InChI is InChI=1S/C11H12Cl2N4O/c1-2-3-17-11(6-15-16-17)18-10-5-8(13)7(12)4-9(10)14/h4-6H,2-3,14H2,1H3. The zero-order valence-corrected chi connectivity index (χ0v) is 11.2. The summed E-state index contributed by atoms with van der Waals surface area (Å²) in [5.74, 6) is 0.950. The molecule has 5 nitrogen and oxygen atoms in total. The van der Waals surface area contributed by atoms with Crippen LogP contribution < -0.4 is 10.5 Å². The van der Waals surface area contributed by atoms with Gasteiger partial charge in [0.1, 0.15) is 6.20 Å². The largest absolute Gasteiger partial charge is 0.435 e. The van der Waals surface area contributed by atoms with E-state index in [2.05, 4.69) is 10.3 Å². The summed E-state index contributed by atoms with van der Waals surface area (Å²) in [7, 11) is 0. The molecule has 1 aromatic carbocycles. The Hall–Kier alpha value is -1.46. The Morgan fingerprint density at radius 2 is 2.06 bits per heavy atom. The van der Waals surface area contributed by atoms with Crippen molar-refractivity contribution < 1.29 is 4.74 Å². The summed E-state index contributed by atoms with van der Waals surface area (Å²) in [6.07, 6.45) is 2.45. The van der Waals surface area contributed by atoms with Gasteiger partial charge in [0.2, 0.25) is 5.88 Å². The van der Waals surface area contributed by atoms with Crippen LogP contribution in [-0.2, 0) is 6.54 Å². The number of nitrogens with zero attached hydrogens (tertiary/aromatic N) is 3. The number of hydrogen-bond acceptors (Lipinski definition) is 4. The van der Waals surface area contributed by atoms with E-state index in [1.807, 2.05) is 6.92 Å². The van der Waals surface area contributed by atoms with E-state index in [-0.39, 0.29) is 0 Å². The second-order valence-electron chi connectivity index (χ2n) is 3.70. The molecule has 0 aliphatic heterocycles. The molecule has 2 aromatic rings. The Morgan fingerprint density at radius 3 is 2.78 bits per heavy atom. The minimum atomic E-state index is 0.385. The van der Waals surface area contributed by atoms with Gasteiger partial charge in [-0.25, -0.2) is 4.68 Å². The number of aromatic nitrogens is 3. The first-order chi connectivity index (χ1) is 8.61. The van der Waals surface area contributed by atoms with E-state index >= 15 is 0 Å². The van der Waals surface area contributed by atoms with Gasteiger partial charge < -0.3 is 10.5 Å². The fourth-order valence-corrected chi connectivity index (χ4v) is 1.76. The molecule has 1 aromatic heterocycles. The zero-order valence-electron chi connectivity index (χ0n) is 9.73. The van der Waals surface area contributed by atoms with Crippen molar-refractivity contribution in [1.29, 1.82) is 0 Å². The van der Waals surface area contributed by atoms with Gasteiger partial charge in [-0.3, -0.25) is 0 Å². The second kappa shape index (κ2) is 5.46. The van der Waals surface area contributed by atoms with Gasteiger partial charge in [-0.15, -0.1) is 5.10 Å². The maximum atomic E-state index is 5.92. The lowest BCUT2D eigenvalue weighted by molar-refractivity contribution is 0.408. The second-order valence-corrected chi connectivity index (χ2v) is 4.52. The third kappa shape index (κ3) is 2.68. The maximum absolute atomic E-state index is 5.92. The molecule has 7 heteroatoms. The first-order valence-electron chi connectivity index (χ1n) is 5.42. The highest BCUT2D eigenvalue weighted by atomic mass is 35.5. The van der Waals surface area contributed by atoms with Crippen molar-refractivity contribution in [2.24, 2.45) is 0 Å². The first kappa shape index (κ1) is 13.0. The van der Waals surface area contributed by atoms with Gasteiger partial charge in [-0.05, 0) is 12.5 Å². The lowest BCUT2D eigenvalue weighted by atomic mass is 10.3. The van der Waals surface area contributed by atoms with E-state index in [4.69, 9.17) is 33.7 Å². The lowest BCUT2D eigenvalue weighted by Gasteiger charge is -2.10. The molecule has 0 spiro atoms. The van der Waals surface area contributed by atoms with Gasteiger partial charge in [-0.2, -0.15) is 0 Å². The molecular formula is C11H12Cl2N4O. The molecule has 2 N–H and O–H groups in total. The Bertz CT molecular complexity index is 556. The summed E-state index contributed by atoms with van der Waals surface area (Å²) in [6.45, 7) is 2.76. The molecule has 0 amide bonds. The van der Waals surface area contributed by atoms with Crippen LogP contribution in [0, 0.1) is 0 Å². The van der Waals surface area contributed by atoms with E-state index in [1.54, 1.807) is 16.8 Å². The van der Waals surface area contributed by atoms with E-state index in [0.717, 1.165) is 13.0 Å². The fraction of sp³-hybridized carbons (Fsp3) is 0.273. The van der Waals surface area contributed by atoms with E-state index in [1.165, 1.54) is 6.20 Å². The number of benzene rings is 1. The lowest BCUT2D eigenvalue weighted by Crippen LogP contribution is -2.02. The number of nitrogens with two attached hydrogens (primary N) is 1. The predicted octanol–water partition coefficient (Wildman–Crippen LogP) is 3.37. The molecule has 18 heavy (non-hydrogen) atoms. The molecule has 2 rings (SSSR count). The van der Waals surface area contributed by atoms with Gasteiger partial charge >= 0.3 is 0 Å². The molecule has 0 radical (unpaired) electrons. The first-order valence-corrected chi connectivity index (χ1v) is 6.18. The number of ether oxygens (including phenoxy) is 1. The van der Waals surface area contributed by atoms with Gasteiger partial charge in [-0.1, -0.05) is 35.3 Å². The monoisotopic (exact) mass is 286 g/mol. The molecule has 0 bridgehead atoms. The number of hydrogen-bond donors (Lipinski definition) is 1. The van der Waals surface area contributed by atoms with Crippen molar-refractivity contribution in [2.75, 3.05) is 5.73 Å². The summed E-state index contributed by atoms with van der Waals surface area (Å²) in [5.41, 5.74) is 6.22. The number of nitrogen functional groups attached to an aromatic ring is 1. The number of halogens is 2. The van der Waals surface area contributed by atoms with Gasteiger partial charge in [0.25, 0.3) is 0 Å². The van der Waals surface area contributed by atoms with Crippen LogP contribution in [0.5, 0.6) is 11.6 Å². The van der Waals surface area contributed by atoms with Crippen LogP contribution >= 0.6 is 23.2 Å². The van der Waals surface area contributed by atoms with Crippen LogP contribution in [-0.4, -0.2) is 15.0 Å². The highest BCUT2D eigenvalue weighted by Crippen LogP contribution is 2.34. The molecular weight excluding hydrogens is 275 g/mol. The Balaban J connectivity index is 2.28. The Morgan fingerprint density at radius 1 is 1.33 bits per heavy atom. The summed E-state index contributed by atoms with van der Waals surface area (Å²) in [4.78, 5) is 0. The zero-order chi connectivity index (χ0) is 13.1. The van der Waals surface area contributed by atoms with E-state index in [9.17, 15) is 0 Å². The highest BCUT2D eigenvalue weighted by molar-refractivity contribution is 6.42. The van der Waals surface area contributed by atoms with Crippen LogP contribution in [0.15, 0.2) is 18.3 Å². The molecule has 0 unspecified atom stereocenters. The Kier molecular flexibility index (Phi) is 3.93. The average Bonchev–Trinajstić information content (AvgIpc) is 2.74. The molecule has 0 saturated carbocycles. The number of anilines is 1. The van der Waals surface area contributed by atoms with Gasteiger partial charge in [0, 0.05) is 12.6 Å².